The third kappa shape index (κ3) is 3.95. The highest BCUT2D eigenvalue weighted by Gasteiger charge is 2.21. The van der Waals surface area contributed by atoms with Gasteiger partial charge in [-0.05, 0) is 38.4 Å². The van der Waals surface area contributed by atoms with E-state index in [4.69, 9.17) is 9.72 Å². The van der Waals surface area contributed by atoms with Crippen LogP contribution in [0.3, 0.4) is 0 Å². The van der Waals surface area contributed by atoms with Crippen molar-refractivity contribution in [2.75, 3.05) is 19.7 Å². The van der Waals surface area contributed by atoms with Crippen LogP contribution in [0.15, 0.2) is 60.9 Å². The third-order valence-corrected chi connectivity index (χ3v) is 5.98. The van der Waals surface area contributed by atoms with Crippen molar-refractivity contribution in [3.05, 3.63) is 72.1 Å². The Labute approximate surface area is 187 Å². The molecule has 6 heteroatoms. The van der Waals surface area contributed by atoms with Crippen molar-refractivity contribution in [1.29, 1.82) is 5.26 Å². The Bertz CT molecular complexity index is 1260. The van der Waals surface area contributed by atoms with E-state index in [0.29, 0.717) is 29.6 Å². The lowest BCUT2D eigenvalue weighted by molar-refractivity contribution is 0.213. The van der Waals surface area contributed by atoms with Crippen LogP contribution >= 0.6 is 0 Å². The highest BCUT2D eigenvalue weighted by molar-refractivity contribution is 5.81. The summed E-state index contributed by atoms with van der Waals surface area (Å²) < 4.78 is 8.30. The van der Waals surface area contributed by atoms with Gasteiger partial charge in [-0.3, -0.25) is 4.40 Å². The minimum Gasteiger partial charge on any atom is -0.475 e. The highest BCUT2D eigenvalue weighted by atomic mass is 16.5. The largest absolute Gasteiger partial charge is 0.475 e. The number of benzene rings is 2. The molecule has 0 radical (unpaired) electrons. The predicted molar refractivity (Wildman–Crippen MR) is 124 cm³/mol. The van der Waals surface area contributed by atoms with Crippen molar-refractivity contribution < 1.29 is 4.74 Å². The first kappa shape index (κ1) is 20.2. The molecule has 1 saturated heterocycles. The first-order valence-corrected chi connectivity index (χ1v) is 11.0. The van der Waals surface area contributed by atoms with Crippen molar-refractivity contribution in [3.63, 3.8) is 0 Å². The summed E-state index contributed by atoms with van der Waals surface area (Å²) in [5.74, 6) is 1.01. The number of hydrogen-bond donors (Lipinski definition) is 1. The Kier molecular flexibility index (Phi) is 5.57. The summed E-state index contributed by atoms with van der Waals surface area (Å²) in [6, 6.07) is 18.1. The average Bonchev–Trinajstić information content (AvgIpc) is 3.34. The molecule has 0 saturated carbocycles. The fourth-order valence-corrected chi connectivity index (χ4v) is 4.21. The Hall–Kier alpha value is -3.69. The highest BCUT2D eigenvalue weighted by Crippen LogP contribution is 2.35. The van der Waals surface area contributed by atoms with E-state index in [1.165, 1.54) is 12.0 Å². The van der Waals surface area contributed by atoms with Crippen LogP contribution in [0, 0.1) is 24.2 Å². The summed E-state index contributed by atoms with van der Waals surface area (Å²) in [7, 11) is 0. The molecule has 4 aromatic rings. The molecule has 1 N–H and O–H groups in total. The molecule has 1 fully saturated rings. The van der Waals surface area contributed by atoms with Gasteiger partial charge in [0.05, 0.1) is 29.6 Å². The maximum absolute atomic E-state index is 9.21. The van der Waals surface area contributed by atoms with Gasteiger partial charge in [0.15, 0.2) is 0 Å². The van der Waals surface area contributed by atoms with Crippen molar-refractivity contribution >= 4 is 5.65 Å². The molecule has 0 spiro atoms. The molecule has 5 rings (SSSR count). The Morgan fingerprint density at radius 3 is 2.62 bits per heavy atom. The van der Waals surface area contributed by atoms with E-state index in [2.05, 4.69) is 52.0 Å². The van der Waals surface area contributed by atoms with Crippen LogP contribution in [-0.2, 0) is 0 Å². The van der Waals surface area contributed by atoms with Crippen LogP contribution in [0.1, 0.15) is 24.0 Å². The minimum absolute atomic E-state index is 0.468. The number of nitrogens with zero attached hydrogens (tertiary/aromatic N) is 4. The number of piperidine rings is 1. The molecule has 2 aromatic heterocycles. The quantitative estimate of drug-likeness (QED) is 0.507. The van der Waals surface area contributed by atoms with Crippen LogP contribution < -0.4 is 10.1 Å². The number of aromatic nitrogens is 3. The zero-order valence-corrected chi connectivity index (χ0v) is 18.1. The average molecular weight is 424 g/mol. The topological polar surface area (TPSA) is 75.2 Å². The van der Waals surface area contributed by atoms with Gasteiger partial charge in [0, 0.05) is 36.0 Å². The van der Waals surface area contributed by atoms with Crippen LogP contribution in [0.2, 0.25) is 0 Å². The molecule has 0 amide bonds. The van der Waals surface area contributed by atoms with E-state index in [1.807, 2.05) is 30.5 Å². The van der Waals surface area contributed by atoms with Gasteiger partial charge in [0.1, 0.15) is 0 Å². The molecule has 1 aliphatic heterocycles. The molecule has 1 unspecified atom stereocenters. The molecule has 6 nitrogen and oxygen atoms in total. The molecular formula is C26H25N5O. The van der Waals surface area contributed by atoms with Crippen molar-refractivity contribution in [3.8, 4) is 34.5 Å². The number of aryl methyl sites for hydroxylation is 1. The molecular weight excluding hydrogens is 398 g/mol. The zero-order valence-electron chi connectivity index (χ0n) is 18.1. The smallest absolute Gasteiger partial charge is 0.259 e. The van der Waals surface area contributed by atoms with E-state index in [-0.39, 0.29) is 0 Å². The van der Waals surface area contributed by atoms with Crippen LogP contribution in [-0.4, -0.2) is 34.1 Å². The van der Waals surface area contributed by atoms with Gasteiger partial charge < -0.3 is 10.1 Å². The Morgan fingerprint density at radius 2 is 1.91 bits per heavy atom. The van der Waals surface area contributed by atoms with E-state index in [1.54, 1.807) is 6.20 Å². The van der Waals surface area contributed by atoms with Gasteiger partial charge in [-0.15, -0.1) is 0 Å². The van der Waals surface area contributed by atoms with Crippen LogP contribution in [0.4, 0.5) is 0 Å². The molecule has 1 atom stereocenters. The number of fused-ring (bicyclic) bond motifs is 1. The SMILES string of the molecule is Cc1ccc(-c2c(-c3ccc(C#N)cc3)nc(OCC3CCCNC3)c3nccn23)cc1. The molecule has 2 aromatic carbocycles. The van der Waals surface area contributed by atoms with E-state index < -0.39 is 0 Å². The summed E-state index contributed by atoms with van der Waals surface area (Å²) in [5, 5.41) is 12.6. The number of hydrogen-bond acceptors (Lipinski definition) is 5. The fourth-order valence-electron chi connectivity index (χ4n) is 4.21. The van der Waals surface area contributed by atoms with E-state index >= 15 is 0 Å². The van der Waals surface area contributed by atoms with Gasteiger partial charge >= 0.3 is 0 Å². The number of nitriles is 1. The van der Waals surface area contributed by atoms with Gasteiger partial charge in [-0.1, -0.05) is 42.0 Å². The lowest BCUT2D eigenvalue weighted by Gasteiger charge is -2.23. The summed E-state index contributed by atoms with van der Waals surface area (Å²) in [4.78, 5) is 9.54. The Morgan fingerprint density at radius 1 is 1.12 bits per heavy atom. The molecule has 0 bridgehead atoms. The number of nitrogens with one attached hydrogen (secondary N) is 1. The standard InChI is InChI=1S/C26H25N5O/c1-18-4-8-22(9-5-18)24-23(21-10-6-19(15-27)7-11-21)30-26(25-29-13-14-31(24)25)32-17-20-3-2-12-28-16-20/h4-11,13-14,20,28H,2-3,12,16-17H2,1H3. The summed E-state index contributed by atoms with van der Waals surface area (Å²) in [6.07, 6.45) is 6.06. The van der Waals surface area contributed by atoms with E-state index in [0.717, 1.165) is 42.0 Å². The van der Waals surface area contributed by atoms with Gasteiger partial charge in [0.25, 0.3) is 5.88 Å². The number of imidazole rings is 1. The first-order chi connectivity index (χ1) is 15.7. The number of ether oxygens (including phenoxy) is 1. The normalized spacial score (nSPS) is 16.1. The summed E-state index contributed by atoms with van der Waals surface area (Å²) >= 11 is 0. The molecule has 0 aliphatic carbocycles. The van der Waals surface area contributed by atoms with E-state index in [9.17, 15) is 5.26 Å². The minimum atomic E-state index is 0.468. The van der Waals surface area contributed by atoms with Gasteiger partial charge in [-0.25, -0.2) is 9.97 Å². The molecule has 160 valence electrons. The second-order valence-electron chi connectivity index (χ2n) is 8.31. The second-order valence-corrected chi connectivity index (χ2v) is 8.31. The van der Waals surface area contributed by atoms with Gasteiger partial charge in [-0.2, -0.15) is 5.26 Å². The first-order valence-electron chi connectivity index (χ1n) is 11.0. The zero-order chi connectivity index (χ0) is 21.9. The molecule has 1 aliphatic rings. The predicted octanol–water partition coefficient (Wildman–Crippen LogP) is 4.62. The second kappa shape index (κ2) is 8.81. The third-order valence-electron chi connectivity index (χ3n) is 5.98. The van der Waals surface area contributed by atoms with Crippen LogP contribution in [0.25, 0.3) is 28.2 Å². The van der Waals surface area contributed by atoms with Crippen LogP contribution in [0.5, 0.6) is 5.88 Å². The van der Waals surface area contributed by atoms with Crippen molar-refractivity contribution in [2.24, 2.45) is 5.92 Å². The van der Waals surface area contributed by atoms with Gasteiger partial charge in [0.2, 0.25) is 5.65 Å². The lowest BCUT2D eigenvalue weighted by atomic mass is 10.0. The summed E-state index contributed by atoms with van der Waals surface area (Å²) in [5.41, 5.74) is 6.27. The lowest BCUT2D eigenvalue weighted by Crippen LogP contribution is -2.33. The molecule has 32 heavy (non-hydrogen) atoms. The summed E-state index contributed by atoms with van der Waals surface area (Å²) in [6.45, 7) is 4.73. The maximum atomic E-state index is 9.21. The number of rotatable bonds is 5. The van der Waals surface area contributed by atoms with Crippen molar-refractivity contribution in [2.45, 2.75) is 19.8 Å². The maximum Gasteiger partial charge on any atom is 0.259 e. The Balaban J connectivity index is 1.64. The molecule has 3 heterocycles. The monoisotopic (exact) mass is 423 g/mol. The van der Waals surface area contributed by atoms with Crippen molar-refractivity contribution in [1.82, 2.24) is 19.7 Å². The fraction of sp³-hybridized carbons (Fsp3) is 0.269.